The van der Waals surface area contributed by atoms with Crippen LogP contribution >= 0.6 is 22.7 Å². The van der Waals surface area contributed by atoms with Crippen molar-refractivity contribution in [2.75, 3.05) is 13.6 Å². The molecule has 0 saturated carbocycles. The van der Waals surface area contributed by atoms with Gasteiger partial charge in [-0.25, -0.2) is 0 Å². The fraction of sp³-hybridized carbons (Fsp3) is 0.467. The molecule has 19 heavy (non-hydrogen) atoms. The number of hydrogen-bond donors (Lipinski definition) is 1. The van der Waals surface area contributed by atoms with Crippen molar-refractivity contribution in [1.82, 2.24) is 4.90 Å². The van der Waals surface area contributed by atoms with Gasteiger partial charge >= 0.3 is 0 Å². The first-order chi connectivity index (χ1) is 9.04. The molecule has 0 amide bonds. The molecule has 2 nitrogen and oxygen atoms in total. The van der Waals surface area contributed by atoms with Crippen molar-refractivity contribution < 1.29 is 0 Å². The molecular formula is C15H22N2S2. The summed E-state index contributed by atoms with van der Waals surface area (Å²) >= 11 is 3.67. The lowest BCUT2D eigenvalue weighted by Crippen LogP contribution is -2.32. The summed E-state index contributed by atoms with van der Waals surface area (Å²) in [5.41, 5.74) is 7.43. The number of rotatable bonds is 5. The van der Waals surface area contributed by atoms with Crippen molar-refractivity contribution in [2.45, 2.75) is 32.9 Å². The minimum Gasteiger partial charge on any atom is -0.329 e. The van der Waals surface area contributed by atoms with Crippen molar-refractivity contribution in [1.29, 1.82) is 0 Å². The highest BCUT2D eigenvalue weighted by atomic mass is 32.1. The van der Waals surface area contributed by atoms with Crippen LogP contribution in [-0.2, 0) is 0 Å². The first-order valence-corrected chi connectivity index (χ1v) is 8.26. The van der Waals surface area contributed by atoms with Crippen LogP contribution in [0.5, 0.6) is 0 Å². The van der Waals surface area contributed by atoms with E-state index in [0.29, 0.717) is 18.6 Å². The third-order valence-corrected chi connectivity index (χ3v) is 5.74. The van der Waals surface area contributed by atoms with Crippen molar-refractivity contribution in [3.05, 3.63) is 43.8 Å². The lowest BCUT2D eigenvalue weighted by molar-refractivity contribution is 0.192. The van der Waals surface area contributed by atoms with Gasteiger partial charge in [0.2, 0.25) is 0 Å². The number of aryl methyl sites for hydroxylation is 2. The van der Waals surface area contributed by atoms with E-state index in [1.807, 2.05) is 22.7 Å². The molecule has 2 N–H and O–H groups in total. The predicted molar refractivity (Wildman–Crippen MR) is 86.1 cm³/mol. The SMILES string of the molecule is Cc1cc(C(CN)N(C)C(C)c2cccs2)c(C)s1. The highest BCUT2D eigenvalue weighted by Crippen LogP contribution is 2.34. The highest BCUT2D eigenvalue weighted by Gasteiger charge is 2.24. The Morgan fingerprint density at radius 1 is 1.37 bits per heavy atom. The minimum absolute atomic E-state index is 0.294. The summed E-state index contributed by atoms with van der Waals surface area (Å²) in [6, 6.07) is 7.29. The van der Waals surface area contributed by atoms with Gasteiger partial charge in [0, 0.05) is 33.3 Å². The van der Waals surface area contributed by atoms with Gasteiger partial charge in [-0.1, -0.05) is 6.07 Å². The van der Waals surface area contributed by atoms with E-state index < -0.39 is 0 Å². The Bertz CT molecular complexity index is 516. The Balaban J connectivity index is 2.24. The molecular weight excluding hydrogens is 272 g/mol. The zero-order valence-corrected chi connectivity index (χ0v) is 13.6. The van der Waals surface area contributed by atoms with Crippen molar-refractivity contribution >= 4 is 22.7 Å². The third kappa shape index (κ3) is 3.08. The van der Waals surface area contributed by atoms with Crippen molar-refractivity contribution in [3.63, 3.8) is 0 Å². The third-order valence-electron chi connectivity index (χ3n) is 3.72. The van der Waals surface area contributed by atoms with Gasteiger partial charge in [-0.05, 0) is 50.9 Å². The van der Waals surface area contributed by atoms with E-state index in [2.05, 4.69) is 56.3 Å². The highest BCUT2D eigenvalue weighted by molar-refractivity contribution is 7.12. The normalized spacial score (nSPS) is 14.8. The Morgan fingerprint density at radius 2 is 2.11 bits per heavy atom. The van der Waals surface area contributed by atoms with E-state index in [1.54, 1.807) is 0 Å². The molecule has 0 aromatic carbocycles. The second kappa shape index (κ2) is 6.18. The Morgan fingerprint density at radius 3 is 2.58 bits per heavy atom. The fourth-order valence-corrected chi connectivity index (χ4v) is 4.31. The molecule has 2 heterocycles. The molecule has 2 aromatic heterocycles. The maximum absolute atomic E-state index is 6.04. The molecule has 0 aliphatic carbocycles. The molecule has 0 spiro atoms. The molecule has 0 aliphatic heterocycles. The second-order valence-corrected chi connectivity index (χ2v) is 7.42. The molecule has 4 heteroatoms. The zero-order valence-electron chi connectivity index (χ0n) is 12.0. The van der Waals surface area contributed by atoms with Gasteiger partial charge < -0.3 is 5.73 Å². The number of likely N-dealkylation sites (N-methyl/N-ethyl adjacent to an activating group) is 1. The molecule has 0 radical (unpaired) electrons. The molecule has 2 aromatic rings. The Kier molecular flexibility index (Phi) is 4.79. The average molecular weight is 294 g/mol. The maximum atomic E-state index is 6.04. The first kappa shape index (κ1) is 14.7. The zero-order chi connectivity index (χ0) is 14.0. The summed E-state index contributed by atoms with van der Waals surface area (Å²) < 4.78 is 0. The molecule has 104 valence electrons. The second-order valence-electron chi connectivity index (χ2n) is 4.98. The average Bonchev–Trinajstić information content (AvgIpc) is 3.00. The molecule has 0 saturated heterocycles. The van der Waals surface area contributed by atoms with Gasteiger partial charge in [-0.3, -0.25) is 4.90 Å². The van der Waals surface area contributed by atoms with Crippen LogP contribution in [0.4, 0.5) is 0 Å². The van der Waals surface area contributed by atoms with Gasteiger partial charge in [0.1, 0.15) is 0 Å². The topological polar surface area (TPSA) is 29.3 Å². The van der Waals surface area contributed by atoms with Crippen LogP contribution in [0, 0.1) is 13.8 Å². The summed E-state index contributed by atoms with van der Waals surface area (Å²) in [7, 11) is 2.17. The lowest BCUT2D eigenvalue weighted by Gasteiger charge is -2.32. The first-order valence-electron chi connectivity index (χ1n) is 6.57. The van der Waals surface area contributed by atoms with Crippen LogP contribution in [-0.4, -0.2) is 18.5 Å². The minimum atomic E-state index is 0.294. The van der Waals surface area contributed by atoms with Crippen LogP contribution in [0.3, 0.4) is 0 Å². The quantitative estimate of drug-likeness (QED) is 0.899. The van der Waals surface area contributed by atoms with Gasteiger partial charge in [0.05, 0.1) is 0 Å². The molecule has 2 atom stereocenters. The van der Waals surface area contributed by atoms with Crippen molar-refractivity contribution in [3.8, 4) is 0 Å². The van der Waals surface area contributed by atoms with E-state index in [-0.39, 0.29) is 0 Å². The standard InChI is InChI=1S/C15H22N2S2/c1-10-8-13(12(3)19-10)14(9-16)17(4)11(2)15-6-5-7-18-15/h5-8,11,14H,9,16H2,1-4H3. The van der Waals surface area contributed by atoms with Crippen molar-refractivity contribution in [2.24, 2.45) is 5.73 Å². The largest absolute Gasteiger partial charge is 0.329 e. The van der Waals surface area contributed by atoms with Gasteiger partial charge in [-0.2, -0.15) is 0 Å². The van der Waals surface area contributed by atoms with Crippen LogP contribution in [0.1, 0.15) is 39.2 Å². The smallest absolute Gasteiger partial charge is 0.0484 e. The summed E-state index contributed by atoms with van der Waals surface area (Å²) in [6.07, 6.45) is 0. The molecule has 0 bridgehead atoms. The van der Waals surface area contributed by atoms with Gasteiger partial charge in [0.15, 0.2) is 0 Å². The van der Waals surface area contributed by atoms with E-state index in [0.717, 1.165) is 0 Å². The van der Waals surface area contributed by atoms with Crippen LogP contribution in [0.15, 0.2) is 23.6 Å². The van der Waals surface area contributed by atoms with E-state index in [9.17, 15) is 0 Å². The van der Waals surface area contributed by atoms with Crippen LogP contribution in [0.2, 0.25) is 0 Å². The Labute approximate surface area is 123 Å². The Hall–Kier alpha value is -0.680. The predicted octanol–water partition coefficient (Wildman–Crippen LogP) is 4.12. The molecule has 2 rings (SSSR count). The van der Waals surface area contributed by atoms with E-state index in [1.165, 1.54) is 20.2 Å². The summed E-state index contributed by atoms with van der Waals surface area (Å²) in [5.74, 6) is 0. The summed E-state index contributed by atoms with van der Waals surface area (Å²) in [5, 5.41) is 2.14. The lowest BCUT2D eigenvalue weighted by atomic mass is 10.0. The number of hydrogen-bond acceptors (Lipinski definition) is 4. The maximum Gasteiger partial charge on any atom is 0.0484 e. The number of nitrogens with two attached hydrogens (primary N) is 1. The monoisotopic (exact) mass is 294 g/mol. The van der Waals surface area contributed by atoms with E-state index in [4.69, 9.17) is 5.73 Å². The summed E-state index contributed by atoms with van der Waals surface area (Å²) in [6.45, 7) is 7.27. The summed E-state index contributed by atoms with van der Waals surface area (Å²) in [4.78, 5) is 6.53. The molecule has 2 unspecified atom stereocenters. The van der Waals surface area contributed by atoms with Crippen LogP contribution < -0.4 is 5.73 Å². The van der Waals surface area contributed by atoms with Gasteiger partial charge in [0.25, 0.3) is 0 Å². The number of thiophene rings is 2. The van der Waals surface area contributed by atoms with Gasteiger partial charge in [-0.15, -0.1) is 22.7 Å². The molecule has 0 aliphatic rings. The fourth-order valence-electron chi connectivity index (χ4n) is 2.49. The van der Waals surface area contributed by atoms with E-state index >= 15 is 0 Å². The number of nitrogens with zero attached hydrogens (tertiary/aromatic N) is 1. The molecule has 0 fully saturated rings. The van der Waals surface area contributed by atoms with Crippen LogP contribution in [0.25, 0.3) is 0 Å².